The summed E-state index contributed by atoms with van der Waals surface area (Å²) in [6.45, 7) is 5.81. The van der Waals surface area contributed by atoms with Gasteiger partial charge in [-0.15, -0.1) is 0 Å². The molecule has 4 aromatic rings. The highest BCUT2D eigenvalue weighted by Gasteiger charge is 2.22. The number of hydrogen-bond donors (Lipinski definition) is 2. The maximum atomic E-state index is 15.1. The highest BCUT2D eigenvalue weighted by molar-refractivity contribution is 8.00. The quantitative estimate of drug-likeness (QED) is 0.0807. The van der Waals surface area contributed by atoms with Crippen molar-refractivity contribution in [1.82, 2.24) is 0 Å². The monoisotopic (exact) mass is 666 g/mol. The molecule has 0 saturated carbocycles. The summed E-state index contributed by atoms with van der Waals surface area (Å²) in [5, 5.41) is 11.4. The van der Waals surface area contributed by atoms with Crippen molar-refractivity contribution >= 4 is 21.9 Å². The van der Waals surface area contributed by atoms with Crippen LogP contribution in [-0.2, 0) is 21.5 Å². The number of ether oxygens (including phenoxy) is 2. The van der Waals surface area contributed by atoms with Crippen LogP contribution >= 0.6 is 11.8 Å². The lowest BCUT2D eigenvalue weighted by atomic mass is 9.92. The third kappa shape index (κ3) is 10.1. The zero-order chi connectivity index (χ0) is 32.9. The Labute approximate surface area is 276 Å². The third-order valence-corrected chi connectivity index (χ3v) is 9.73. The second-order valence-corrected chi connectivity index (χ2v) is 13.7. The molecule has 0 fully saturated rings. The van der Waals surface area contributed by atoms with E-state index in [1.165, 1.54) is 43.2 Å². The fourth-order valence-electron chi connectivity index (χ4n) is 5.08. The lowest BCUT2D eigenvalue weighted by molar-refractivity contribution is 0.116. The molecule has 0 aliphatic heterocycles. The van der Waals surface area contributed by atoms with Crippen LogP contribution in [0.3, 0.4) is 0 Å². The first-order valence-corrected chi connectivity index (χ1v) is 18.1. The Morgan fingerprint density at radius 1 is 0.804 bits per heavy atom. The van der Waals surface area contributed by atoms with Gasteiger partial charge in [-0.3, -0.25) is 4.55 Å². The average Bonchev–Trinajstić information content (AvgIpc) is 3.05. The summed E-state index contributed by atoms with van der Waals surface area (Å²) in [6, 6.07) is 23.5. The van der Waals surface area contributed by atoms with E-state index in [1.807, 2.05) is 24.3 Å². The molecule has 4 aromatic carbocycles. The number of unbranched alkanes of at least 4 members (excludes halogenated alkanes) is 5. The Bertz CT molecular complexity index is 1660. The SMILES string of the molecule is CCCCCCCOCc1ccc(F)c(C(O)c2ccccc2-c2ccc(Sc3ccc(OCCCC)cc3)c(S(=O)(=O)O)c2)c1. The van der Waals surface area contributed by atoms with E-state index in [-0.39, 0.29) is 10.5 Å². The summed E-state index contributed by atoms with van der Waals surface area (Å²) in [5.74, 6) is 0.170. The Hall–Kier alpha value is -3.21. The number of aliphatic hydroxyl groups excluding tert-OH is 1. The van der Waals surface area contributed by atoms with Gasteiger partial charge in [-0.05, 0) is 83.6 Å². The number of hydrogen-bond acceptors (Lipinski definition) is 6. The molecule has 0 heterocycles. The van der Waals surface area contributed by atoms with Crippen molar-refractivity contribution in [2.24, 2.45) is 0 Å². The first-order valence-electron chi connectivity index (χ1n) is 15.9. The molecule has 0 bridgehead atoms. The lowest BCUT2D eigenvalue weighted by Gasteiger charge is -2.19. The Morgan fingerprint density at radius 2 is 1.54 bits per heavy atom. The predicted octanol–water partition coefficient (Wildman–Crippen LogP) is 9.64. The minimum absolute atomic E-state index is 0.0980. The van der Waals surface area contributed by atoms with Crippen molar-refractivity contribution in [2.75, 3.05) is 13.2 Å². The van der Waals surface area contributed by atoms with Crippen molar-refractivity contribution < 1.29 is 31.9 Å². The van der Waals surface area contributed by atoms with E-state index in [2.05, 4.69) is 13.8 Å². The van der Waals surface area contributed by atoms with Crippen molar-refractivity contribution in [3.63, 3.8) is 0 Å². The highest BCUT2D eigenvalue weighted by atomic mass is 32.2. The molecular weight excluding hydrogens is 624 g/mol. The van der Waals surface area contributed by atoms with E-state index < -0.39 is 22.0 Å². The van der Waals surface area contributed by atoms with E-state index in [0.717, 1.165) is 41.9 Å². The molecule has 0 aliphatic carbocycles. The Morgan fingerprint density at radius 3 is 2.28 bits per heavy atom. The van der Waals surface area contributed by atoms with E-state index in [1.54, 1.807) is 48.5 Å². The summed E-state index contributed by atoms with van der Waals surface area (Å²) in [7, 11) is -4.60. The molecule has 4 rings (SSSR count). The summed E-state index contributed by atoms with van der Waals surface area (Å²) in [4.78, 5) is 0.850. The fraction of sp³-hybridized carbons (Fsp3) is 0.351. The Balaban J connectivity index is 1.55. The normalized spacial score (nSPS) is 12.3. The van der Waals surface area contributed by atoms with Gasteiger partial charge in [0.2, 0.25) is 0 Å². The van der Waals surface area contributed by atoms with Crippen LogP contribution in [0, 0.1) is 5.82 Å². The van der Waals surface area contributed by atoms with Gasteiger partial charge in [0.05, 0.1) is 13.2 Å². The standard InChI is InChI=1S/C37H43FO6S2/c1-3-5-7-8-11-22-43-26-27-14-20-34(38)33(24-27)37(39)32-13-10-9-12-31(32)28-15-21-35(36(25-28)46(40,41)42)45-30-18-16-29(17-19-30)44-23-6-4-2/h9-10,12-21,24-25,37,39H,3-8,11,22-23,26H2,1-2H3,(H,40,41,42). The Kier molecular flexibility index (Phi) is 13.7. The maximum Gasteiger partial charge on any atom is 0.295 e. The summed E-state index contributed by atoms with van der Waals surface area (Å²) < 4.78 is 61.8. The first-order chi connectivity index (χ1) is 22.2. The van der Waals surface area contributed by atoms with E-state index in [4.69, 9.17) is 9.47 Å². The number of rotatable bonds is 18. The minimum Gasteiger partial charge on any atom is -0.494 e. The average molecular weight is 667 g/mol. The van der Waals surface area contributed by atoms with Gasteiger partial charge in [0.1, 0.15) is 22.6 Å². The molecule has 6 nitrogen and oxygen atoms in total. The van der Waals surface area contributed by atoms with Crippen molar-refractivity contribution in [3.05, 3.63) is 107 Å². The molecule has 9 heteroatoms. The van der Waals surface area contributed by atoms with Gasteiger partial charge in [0, 0.05) is 22.0 Å². The lowest BCUT2D eigenvalue weighted by Crippen LogP contribution is -2.07. The van der Waals surface area contributed by atoms with Crippen LogP contribution in [0.4, 0.5) is 4.39 Å². The second-order valence-electron chi connectivity index (χ2n) is 11.2. The summed E-state index contributed by atoms with van der Waals surface area (Å²) in [6.07, 6.45) is 6.31. The van der Waals surface area contributed by atoms with Gasteiger partial charge in [0.25, 0.3) is 10.1 Å². The van der Waals surface area contributed by atoms with Crippen LogP contribution in [0.15, 0.2) is 99.6 Å². The molecule has 1 atom stereocenters. The van der Waals surface area contributed by atoms with Crippen molar-refractivity contribution in [1.29, 1.82) is 0 Å². The molecule has 0 saturated heterocycles. The molecule has 246 valence electrons. The molecule has 46 heavy (non-hydrogen) atoms. The molecule has 0 aromatic heterocycles. The van der Waals surface area contributed by atoms with Crippen LogP contribution in [0.25, 0.3) is 11.1 Å². The molecule has 0 radical (unpaired) electrons. The van der Waals surface area contributed by atoms with Gasteiger partial charge in [-0.1, -0.05) is 94.1 Å². The largest absolute Gasteiger partial charge is 0.494 e. The van der Waals surface area contributed by atoms with Crippen molar-refractivity contribution in [2.45, 2.75) is 86.2 Å². The number of benzene rings is 4. The molecule has 0 spiro atoms. The van der Waals surface area contributed by atoms with Crippen molar-refractivity contribution in [3.8, 4) is 16.9 Å². The van der Waals surface area contributed by atoms with Gasteiger partial charge >= 0.3 is 0 Å². The summed E-state index contributed by atoms with van der Waals surface area (Å²) in [5.41, 5.74) is 2.21. The summed E-state index contributed by atoms with van der Waals surface area (Å²) >= 11 is 1.20. The van der Waals surface area contributed by atoms with E-state index >= 15 is 4.39 Å². The predicted molar refractivity (Wildman–Crippen MR) is 182 cm³/mol. The zero-order valence-corrected chi connectivity index (χ0v) is 28.1. The molecule has 0 amide bonds. The molecule has 2 N–H and O–H groups in total. The van der Waals surface area contributed by atoms with E-state index in [0.29, 0.717) is 41.4 Å². The maximum absolute atomic E-state index is 15.1. The van der Waals surface area contributed by atoms with Crippen LogP contribution in [0.2, 0.25) is 0 Å². The van der Waals surface area contributed by atoms with Crippen LogP contribution in [0.5, 0.6) is 5.75 Å². The molecular formula is C37H43FO6S2. The van der Waals surface area contributed by atoms with Gasteiger partial charge < -0.3 is 14.6 Å². The highest BCUT2D eigenvalue weighted by Crippen LogP contribution is 2.39. The zero-order valence-electron chi connectivity index (χ0n) is 26.5. The van der Waals surface area contributed by atoms with Gasteiger partial charge in [0.15, 0.2) is 0 Å². The van der Waals surface area contributed by atoms with Gasteiger partial charge in [-0.25, -0.2) is 4.39 Å². The third-order valence-electron chi connectivity index (χ3n) is 7.62. The minimum atomic E-state index is -4.60. The van der Waals surface area contributed by atoms with Gasteiger partial charge in [-0.2, -0.15) is 8.42 Å². The van der Waals surface area contributed by atoms with Crippen LogP contribution in [0.1, 0.15) is 81.6 Å². The van der Waals surface area contributed by atoms with E-state index in [9.17, 15) is 18.1 Å². The van der Waals surface area contributed by atoms with Crippen LogP contribution < -0.4 is 4.74 Å². The number of aliphatic hydroxyl groups is 1. The topological polar surface area (TPSA) is 93.1 Å². The smallest absolute Gasteiger partial charge is 0.295 e. The molecule has 1 unspecified atom stereocenters. The molecule has 0 aliphatic rings. The van der Waals surface area contributed by atoms with Crippen LogP contribution in [-0.4, -0.2) is 31.3 Å². The number of halogens is 1. The fourth-order valence-corrected chi connectivity index (χ4v) is 6.94. The first kappa shape index (κ1) is 35.6. The second kappa shape index (κ2) is 17.6.